The molecular weight excluding hydrogens is 395 g/mol. The van der Waals surface area contributed by atoms with E-state index in [9.17, 15) is 14.0 Å². The predicted molar refractivity (Wildman–Crippen MR) is 108 cm³/mol. The molecular formula is C22H14ClFN2O3. The van der Waals surface area contributed by atoms with E-state index in [1.807, 2.05) is 0 Å². The van der Waals surface area contributed by atoms with E-state index >= 15 is 0 Å². The van der Waals surface area contributed by atoms with Crippen LogP contribution in [0.3, 0.4) is 0 Å². The number of carbonyl (C=O) groups excluding carboxylic acids is 2. The summed E-state index contributed by atoms with van der Waals surface area (Å²) in [6.07, 6.45) is -1.49. The van der Waals surface area contributed by atoms with Crippen LogP contribution < -0.4 is 5.32 Å². The Balaban J connectivity index is 1.76. The molecule has 1 atom stereocenters. The molecule has 0 aliphatic carbocycles. The maximum atomic E-state index is 14.5. The number of anilines is 1. The molecule has 144 valence electrons. The lowest BCUT2D eigenvalue weighted by Gasteiger charge is -2.12. The number of benzene rings is 3. The Bertz CT molecular complexity index is 1130. The number of fused-ring (bicyclic) bond motifs is 1. The minimum Gasteiger partial charge on any atom is -0.426 e. The summed E-state index contributed by atoms with van der Waals surface area (Å²) in [7, 11) is 0. The van der Waals surface area contributed by atoms with Gasteiger partial charge in [0.2, 0.25) is 0 Å². The van der Waals surface area contributed by atoms with Crippen molar-refractivity contribution in [3.63, 3.8) is 0 Å². The summed E-state index contributed by atoms with van der Waals surface area (Å²) in [5.41, 5.74) is 1.60. The van der Waals surface area contributed by atoms with Gasteiger partial charge in [0, 0.05) is 16.1 Å². The molecule has 3 aromatic rings. The molecule has 0 fully saturated rings. The Hall–Kier alpha value is -3.51. The van der Waals surface area contributed by atoms with Crippen LogP contribution in [0.15, 0.2) is 77.8 Å². The molecule has 1 N–H and O–H groups in total. The molecule has 1 unspecified atom stereocenters. The number of nitrogens with zero attached hydrogens (tertiary/aromatic N) is 1. The number of nitrogens with one attached hydrogen (secondary N) is 1. The molecule has 0 saturated carbocycles. The van der Waals surface area contributed by atoms with Gasteiger partial charge in [0.05, 0.1) is 17.0 Å². The van der Waals surface area contributed by atoms with Gasteiger partial charge in [-0.15, -0.1) is 0 Å². The van der Waals surface area contributed by atoms with E-state index in [1.54, 1.807) is 42.5 Å². The average Bonchev–Trinajstić information content (AvgIpc) is 2.85. The first-order valence-corrected chi connectivity index (χ1v) is 9.10. The number of halogens is 2. The molecule has 1 amide bonds. The third-order valence-electron chi connectivity index (χ3n) is 4.34. The first-order chi connectivity index (χ1) is 14.0. The number of benzodiazepines with no additional fused rings is 1. The lowest BCUT2D eigenvalue weighted by atomic mass is 10.0. The van der Waals surface area contributed by atoms with E-state index in [1.165, 1.54) is 30.3 Å². The Morgan fingerprint density at radius 3 is 2.34 bits per heavy atom. The molecule has 1 aliphatic heterocycles. The number of hydrogen-bond acceptors (Lipinski definition) is 4. The van der Waals surface area contributed by atoms with Gasteiger partial charge in [-0.3, -0.25) is 4.79 Å². The quantitative estimate of drug-likeness (QED) is 0.651. The molecule has 7 heteroatoms. The highest BCUT2D eigenvalue weighted by Gasteiger charge is 2.29. The van der Waals surface area contributed by atoms with Crippen molar-refractivity contribution >= 4 is 34.9 Å². The number of ether oxygens (including phenoxy) is 1. The second-order valence-electron chi connectivity index (χ2n) is 6.26. The first-order valence-electron chi connectivity index (χ1n) is 8.72. The van der Waals surface area contributed by atoms with Crippen molar-refractivity contribution in [3.8, 4) is 0 Å². The van der Waals surface area contributed by atoms with Gasteiger partial charge >= 0.3 is 5.97 Å². The summed E-state index contributed by atoms with van der Waals surface area (Å²) in [6, 6.07) is 19.0. The normalized spacial score (nSPS) is 15.6. The van der Waals surface area contributed by atoms with Crippen molar-refractivity contribution in [2.45, 2.75) is 6.23 Å². The largest absolute Gasteiger partial charge is 0.426 e. The van der Waals surface area contributed by atoms with Crippen molar-refractivity contribution in [2.75, 3.05) is 5.32 Å². The topological polar surface area (TPSA) is 67.8 Å². The lowest BCUT2D eigenvalue weighted by Crippen LogP contribution is -2.30. The van der Waals surface area contributed by atoms with Gasteiger partial charge in [-0.25, -0.2) is 14.2 Å². The monoisotopic (exact) mass is 408 g/mol. The second-order valence-corrected chi connectivity index (χ2v) is 6.69. The molecule has 0 aromatic heterocycles. The fourth-order valence-electron chi connectivity index (χ4n) is 2.94. The summed E-state index contributed by atoms with van der Waals surface area (Å²) in [5.74, 6) is -1.88. The summed E-state index contributed by atoms with van der Waals surface area (Å²) >= 11 is 5.83. The number of rotatable bonds is 3. The molecule has 0 spiro atoms. The molecule has 0 radical (unpaired) electrons. The van der Waals surface area contributed by atoms with E-state index in [0.717, 1.165) is 0 Å². The smallest absolute Gasteiger partial charge is 0.340 e. The average molecular weight is 409 g/mol. The van der Waals surface area contributed by atoms with E-state index in [2.05, 4.69) is 10.3 Å². The van der Waals surface area contributed by atoms with Crippen LogP contribution in [0.2, 0.25) is 5.02 Å². The molecule has 1 heterocycles. The summed E-state index contributed by atoms with van der Waals surface area (Å²) in [5, 5.41) is 3.15. The number of esters is 1. The van der Waals surface area contributed by atoms with Crippen LogP contribution in [0.5, 0.6) is 0 Å². The summed E-state index contributed by atoms with van der Waals surface area (Å²) < 4.78 is 19.8. The first kappa shape index (κ1) is 18.8. The number of carbonyl (C=O) groups is 2. The molecule has 3 aromatic carbocycles. The fraction of sp³-hybridized carbons (Fsp3) is 0.0455. The van der Waals surface area contributed by atoms with E-state index in [-0.39, 0.29) is 16.8 Å². The predicted octanol–water partition coefficient (Wildman–Crippen LogP) is 4.45. The van der Waals surface area contributed by atoms with Gasteiger partial charge in [-0.1, -0.05) is 41.9 Å². The molecule has 0 saturated heterocycles. The second kappa shape index (κ2) is 7.85. The molecule has 29 heavy (non-hydrogen) atoms. The fourth-order valence-corrected chi connectivity index (χ4v) is 3.07. The van der Waals surface area contributed by atoms with Crippen molar-refractivity contribution < 1.29 is 18.7 Å². The summed E-state index contributed by atoms with van der Waals surface area (Å²) in [6.45, 7) is 0. The van der Waals surface area contributed by atoms with Crippen LogP contribution in [-0.4, -0.2) is 23.8 Å². The van der Waals surface area contributed by atoms with Gasteiger partial charge in [-0.05, 0) is 42.5 Å². The highest BCUT2D eigenvalue weighted by Crippen LogP contribution is 2.26. The van der Waals surface area contributed by atoms with Crippen molar-refractivity contribution in [3.05, 3.63) is 100 Å². The standard InChI is InChI=1S/C22H14ClFN2O3/c23-14-11-9-13(10-12-14)22(28)29-21-20(27)25-18-8-4-2-6-16(18)19(26-21)15-5-1-3-7-17(15)24/h1-12,21H,(H,25,27). The zero-order valence-electron chi connectivity index (χ0n) is 14.9. The Morgan fingerprint density at radius 1 is 0.966 bits per heavy atom. The molecule has 0 bridgehead atoms. The molecule has 5 nitrogen and oxygen atoms in total. The van der Waals surface area contributed by atoms with Crippen LogP contribution in [0.25, 0.3) is 0 Å². The SMILES string of the molecule is O=C(OC1N=C(c2ccccc2F)c2ccccc2NC1=O)c1ccc(Cl)cc1. The van der Waals surface area contributed by atoms with Crippen LogP contribution in [-0.2, 0) is 9.53 Å². The van der Waals surface area contributed by atoms with Crippen molar-refractivity contribution in [1.29, 1.82) is 0 Å². The third-order valence-corrected chi connectivity index (χ3v) is 4.59. The highest BCUT2D eigenvalue weighted by atomic mass is 35.5. The number of para-hydroxylation sites is 1. The third kappa shape index (κ3) is 3.88. The Morgan fingerprint density at radius 2 is 1.62 bits per heavy atom. The maximum Gasteiger partial charge on any atom is 0.340 e. The highest BCUT2D eigenvalue weighted by molar-refractivity contribution is 6.30. The van der Waals surface area contributed by atoms with Crippen molar-refractivity contribution in [2.24, 2.45) is 4.99 Å². The van der Waals surface area contributed by atoms with Crippen molar-refractivity contribution in [1.82, 2.24) is 0 Å². The number of aliphatic imine (C=N–C) groups is 1. The van der Waals surface area contributed by atoms with Gasteiger partial charge in [0.25, 0.3) is 12.1 Å². The van der Waals surface area contributed by atoms with E-state index in [4.69, 9.17) is 16.3 Å². The summed E-state index contributed by atoms with van der Waals surface area (Å²) in [4.78, 5) is 29.4. The number of hydrogen-bond donors (Lipinski definition) is 1. The zero-order valence-corrected chi connectivity index (χ0v) is 15.7. The zero-order chi connectivity index (χ0) is 20.4. The molecule has 1 aliphatic rings. The minimum absolute atomic E-state index is 0.198. The van der Waals surface area contributed by atoms with Gasteiger partial charge < -0.3 is 10.1 Å². The van der Waals surface area contributed by atoms with Gasteiger partial charge in [0.1, 0.15) is 5.82 Å². The number of amides is 1. The van der Waals surface area contributed by atoms with E-state index in [0.29, 0.717) is 16.3 Å². The van der Waals surface area contributed by atoms with Gasteiger partial charge in [-0.2, -0.15) is 0 Å². The van der Waals surface area contributed by atoms with Gasteiger partial charge in [0.15, 0.2) is 0 Å². The Kier molecular flexibility index (Phi) is 5.10. The van der Waals surface area contributed by atoms with Crippen LogP contribution in [0, 0.1) is 5.82 Å². The minimum atomic E-state index is -1.49. The molecule has 4 rings (SSSR count). The lowest BCUT2D eigenvalue weighted by molar-refractivity contribution is -0.124. The maximum absolute atomic E-state index is 14.5. The van der Waals surface area contributed by atoms with Crippen LogP contribution in [0.4, 0.5) is 10.1 Å². The van der Waals surface area contributed by atoms with E-state index < -0.39 is 23.9 Å². The van der Waals surface area contributed by atoms with Crippen LogP contribution >= 0.6 is 11.6 Å². The van der Waals surface area contributed by atoms with Crippen LogP contribution in [0.1, 0.15) is 21.5 Å². The Labute approximate surface area is 170 Å².